The highest BCUT2D eigenvalue weighted by Crippen LogP contribution is 1.82. The van der Waals surface area contributed by atoms with Crippen LogP contribution in [0.2, 0.25) is 6.04 Å². The zero-order chi connectivity index (χ0) is 4.99. The Hall–Kier alpha value is -0.183. The van der Waals surface area contributed by atoms with E-state index in [0.29, 0.717) is 6.04 Å². The monoisotopic (exact) mass is 104 g/mol. The van der Waals surface area contributed by atoms with Crippen molar-refractivity contribution in [2.24, 2.45) is 0 Å². The van der Waals surface area contributed by atoms with Gasteiger partial charge in [0.05, 0.1) is 0 Å². The summed E-state index contributed by atoms with van der Waals surface area (Å²) in [5.41, 5.74) is 0. The van der Waals surface area contributed by atoms with Gasteiger partial charge in [-0.1, -0.05) is 6.92 Å². The van der Waals surface area contributed by atoms with Gasteiger partial charge in [0.2, 0.25) is 0 Å². The zero-order valence-electron chi connectivity index (χ0n) is 3.77. The first kappa shape index (κ1) is 5.82. The minimum Gasteiger partial charge on any atom is -0.540 e. The van der Waals surface area contributed by atoms with Crippen LogP contribution in [-0.4, -0.2) is 13.7 Å². The lowest BCUT2D eigenvalue weighted by molar-refractivity contribution is 0.445. The molecule has 2 nitrogen and oxygen atoms in total. The molecular weight excluding hydrogens is 96.1 g/mol. The van der Waals surface area contributed by atoms with Crippen LogP contribution in [0.5, 0.6) is 0 Å². The number of hydrogen-bond donors (Lipinski definition) is 1. The van der Waals surface area contributed by atoms with Gasteiger partial charge in [0.1, 0.15) is 0 Å². The molecule has 0 saturated carbocycles. The summed E-state index contributed by atoms with van der Waals surface area (Å²) in [7, 11) is -2.14. The standard InChI is InChI=1S/C3H8O2Si/c1-2-3-6(4)5/h4H,2-3H2,1H3. The zero-order valence-corrected chi connectivity index (χ0v) is 4.77. The molecule has 0 heterocycles. The molecule has 0 bridgehead atoms. The molecule has 0 aliphatic carbocycles. The van der Waals surface area contributed by atoms with E-state index in [-0.39, 0.29) is 0 Å². The van der Waals surface area contributed by atoms with Gasteiger partial charge in [-0.2, -0.15) is 0 Å². The van der Waals surface area contributed by atoms with Crippen LogP contribution >= 0.6 is 0 Å². The summed E-state index contributed by atoms with van der Waals surface area (Å²) in [6.07, 6.45) is 0.814. The van der Waals surface area contributed by atoms with Gasteiger partial charge in [-0.25, -0.2) is 0 Å². The van der Waals surface area contributed by atoms with E-state index in [1.165, 1.54) is 0 Å². The SMILES string of the molecule is CCC[Si](=O)O. The van der Waals surface area contributed by atoms with E-state index in [1.807, 2.05) is 6.92 Å². The van der Waals surface area contributed by atoms with Crippen molar-refractivity contribution < 1.29 is 9.26 Å². The molecule has 0 saturated heterocycles. The fourth-order valence-corrected chi connectivity index (χ4v) is 0.642. The van der Waals surface area contributed by atoms with Gasteiger partial charge >= 0.3 is 8.93 Å². The van der Waals surface area contributed by atoms with Crippen LogP contribution in [0.3, 0.4) is 0 Å². The predicted octanol–water partition coefficient (Wildman–Crippen LogP) is 0.307. The number of hydrogen-bond acceptors (Lipinski definition) is 1. The molecule has 0 unspecified atom stereocenters. The quantitative estimate of drug-likeness (QED) is 0.512. The highest BCUT2D eigenvalue weighted by atomic mass is 28.3. The minimum atomic E-state index is -2.14. The highest BCUT2D eigenvalue weighted by Gasteiger charge is 1.94. The van der Waals surface area contributed by atoms with Crippen molar-refractivity contribution in [3.05, 3.63) is 0 Å². The van der Waals surface area contributed by atoms with Crippen LogP contribution in [0.1, 0.15) is 13.3 Å². The molecule has 0 radical (unpaired) electrons. The second-order valence-electron chi connectivity index (χ2n) is 1.14. The molecule has 0 atom stereocenters. The van der Waals surface area contributed by atoms with Gasteiger partial charge in [-0.15, -0.1) is 0 Å². The van der Waals surface area contributed by atoms with E-state index in [1.54, 1.807) is 0 Å². The summed E-state index contributed by atoms with van der Waals surface area (Å²) in [5.74, 6) is 0. The Bertz CT molecular complexity index is 52.8. The van der Waals surface area contributed by atoms with Crippen LogP contribution in [0.15, 0.2) is 0 Å². The van der Waals surface area contributed by atoms with Crippen molar-refractivity contribution in [2.45, 2.75) is 19.4 Å². The third-order valence-corrected chi connectivity index (χ3v) is 1.39. The maximum Gasteiger partial charge on any atom is 0.499 e. The molecule has 0 aliphatic heterocycles. The first-order valence-electron chi connectivity index (χ1n) is 1.99. The summed E-state index contributed by atoms with van der Waals surface area (Å²) in [6, 6.07) is 0.477. The van der Waals surface area contributed by atoms with Crippen molar-refractivity contribution in [1.29, 1.82) is 0 Å². The van der Waals surface area contributed by atoms with Crippen LogP contribution in [0.4, 0.5) is 0 Å². The van der Waals surface area contributed by atoms with Gasteiger partial charge in [0.15, 0.2) is 0 Å². The lowest BCUT2D eigenvalue weighted by atomic mass is 10.6. The van der Waals surface area contributed by atoms with E-state index in [2.05, 4.69) is 0 Å². The van der Waals surface area contributed by atoms with Crippen molar-refractivity contribution in [1.82, 2.24) is 0 Å². The fraction of sp³-hybridized carbons (Fsp3) is 1.00. The largest absolute Gasteiger partial charge is 0.540 e. The summed E-state index contributed by atoms with van der Waals surface area (Å²) in [4.78, 5) is 8.10. The van der Waals surface area contributed by atoms with Gasteiger partial charge in [0.25, 0.3) is 0 Å². The molecule has 0 rings (SSSR count). The van der Waals surface area contributed by atoms with Crippen LogP contribution in [0, 0.1) is 0 Å². The third kappa shape index (κ3) is 3.82. The lowest BCUT2D eigenvalue weighted by Gasteiger charge is -1.77. The maximum absolute atomic E-state index is 9.78. The van der Waals surface area contributed by atoms with Crippen LogP contribution < -0.4 is 0 Å². The molecule has 0 aromatic rings. The Kier molecular flexibility index (Phi) is 2.93. The summed E-state index contributed by atoms with van der Waals surface area (Å²) < 4.78 is 9.78. The Labute approximate surface area is 38.6 Å². The van der Waals surface area contributed by atoms with Crippen LogP contribution in [0.25, 0.3) is 0 Å². The Morgan fingerprint density at radius 1 is 1.83 bits per heavy atom. The first-order valence-corrected chi connectivity index (χ1v) is 3.55. The van der Waals surface area contributed by atoms with E-state index < -0.39 is 8.93 Å². The summed E-state index contributed by atoms with van der Waals surface area (Å²) >= 11 is 0. The molecule has 0 aliphatic rings. The Balaban J connectivity index is 2.83. The predicted molar refractivity (Wildman–Crippen MR) is 23.8 cm³/mol. The molecule has 0 fully saturated rings. The van der Waals surface area contributed by atoms with Crippen molar-refractivity contribution >= 4 is 8.93 Å². The molecule has 36 valence electrons. The maximum atomic E-state index is 9.78. The molecule has 0 aromatic carbocycles. The van der Waals surface area contributed by atoms with Crippen molar-refractivity contribution in [3.63, 3.8) is 0 Å². The normalized spacial score (nSPS) is 8.17. The van der Waals surface area contributed by atoms with E-state index in [4.69, 9.17) is 4.80 Å². The molecular formula is C3H8O2Si. The van der Waals surface area contributed by atoms with Gasteiger partial charge in [-0.05, 0) is 6.42 Å². The van der Waals surface area contributed by atoms with Gasteiger partial charge < -0.3 is 9.26 Å². The Morgan fingerprint density at radius 2 is 2.33 bits per heavy atom. The molecule has 1 N–H and O–H groups in total. The smallest absolute Gasteiger partial charge is 0.499 e. The average molecular weight is 104 g/mol. The molecule has 6 heavy (non-hydrogen) atoms. The van der Waals surface area contributed by atoms with E-state index in [0.717, 1.165) is 6.42 Å². The minimum absolute atomic E-state index is 0.477. The van der Waals surface area contributed by atoms with Crippen molar-refractivity contribution in [2.75, 3.05) is 0 Å². The second kappa shape index (κ2) is 3.02. The topological polar surface area (TPSA) is 37.3 Å². The van der Waals surface area contributed by atoms with Gasteiger partial charge in [-0.3, -0.25) is 0 Å². The second-order valence-corrected chi connectivity index (χ2v) is 2.43. The average Bonchev–Trinajstić information content (AvgIpc) is 1.35. The van der Waals surface area contributed by atoms with Crippen molar-refractivity contribution in [3.8, 4) is 0 Å². The number of rotatable bonds is 2. The van der Waals surface area contributed by atoms with E-state index in [9.17, 15) is 4.46 Å². The molecule has 0 aromatic heterocycles. The fourth-order valence-electron chi connectivity index (χ4n) is 0.214. The van der Waals surface area contributed by atoms with Crippen LogP contribution in [-0.2, 0) is 4.46 Å². The Morgan fingerprint density at radius 3 is 2.33 bits per heavy atom. The highest BCUT2D eigenvalue weighted by molar-refractivity contribution is 6.32. The lowest BCUT2D eigenvalue weighted by Crippen LogP contribution is -1.93. The van der Waals surface area contributed by atoms with E-state index >= 15 is 0 Å². The third-order valence-electron chi connectivity index (χ3n) is 0.464. The summed E-state index contributed by atoms with van der Waals surface area (Å²) in [5, 5.41) is 0. The molecule has 3 heteroatoms. The van der Waals surface area contributed by atoms with Gasteiger partial charge in [0, 0.05) is 6.04 Å². The molecule has 0 spiro atoms. The molecule has 0 amide bonds. The first-order chi connectivity index (χ1) is 2.77. The summed E-state index contributed by atoms with van der Waals surface area (Å²) in [6.45, 7) is 1.89.